The third-order valence-electron chi connectivity index (χ3n) is 6.55. The molecule has 0 aliphatic carbocycles. The van der Waals surface area contributed by atoms with Crippen LogP contribution in [0.2, 0.25) is 0 Å². The summed E-state index contributed by atoms with van der Waals surface area (Å²) in [5.74, 6) is 1.10. The zero-order chi connectivity index (χ0) is 20.1. The minimum absolute atomic E-state index is 0.456. The summed E-state index contributed by atoms with van der Waals surface area (Å²) in [7, 11) is 0. The molecule has 0 radical (unpaired) electrons. The number of nitrogen functional groups attached to an aromatic ring is 1. The summed E-state index contributed by atoms with van der Waals surface area (Å²) >= 11 is 0. The fourth-order valence-electron chi connectivity index (χ4n) is 5.05. The van der Waals surface area contributed by atoms with E-state index in [1.54, 1.807) is 4.52 Å². The van der Waals surface area contributed by atoms with Crippen molar-refractivity contribution in [3.63, 3.8) is 0 Å². The molecule has 0 spiro atoms. The number of nitrogens with zero attached hydrogens (tertiary/aromatic N) is 4. The zero-order valence-electron chi connectivity index (χ0n) is 16.7. The van der Waals surface area contributed by atoms with Crippen LogP contribution in [0.3, 0.4) is 0 Å². The Labute approximate surface area is 175 Å². The molecule has 30 heavy (non-hydrogen) atoms. The smallest absolute Gasteiger partial charge is 0.165 e. The Balaban J connectivity index is 1.38. The second-order valence-electron chi connectivity index (χ2n) is 8.50. The molecular formula is C24H24N6. The second kappa shape index (κ2) is 6.92. The van der Waals surface area contributed by atoms with Gasteiger partial charge in [-0.1, -0.05) is 36.4 Å². The van der Waals surface area contributed by atoms with Crippen molar-refractivity contribution in [3.8, 4) is 22.4 Å². The number of anilines is 1. The number of benzene rings is 1. The monoisotopic (exact) mass is 396 g/mol. The number of aromatic nitrogens is 4. The largest absolute Gasteiger partial charge is 0.384 e. The highest BCUT2D eigenvalue weighted by atomic mass is 15.3. The summed E-state index contributed by atoms with van der Waals surface area (Å²) in [6, 6.07) is 17.6. The number of piperidine rings is 1. The van der Waals surface area contributed by atoms with Crippen molar-refractivity contribution in [2.75, 3.05) is 5.73 Å². The minimum Gasteiger partial charge on any atom is -0.384 e. The van der Waals surface area contributed by atoms with Gasteiger partial charge in [0.05, 0.1) is 11.9 Å². The molecule has 0 amide bonds. The summed E-state index contributed by atoms with van der Waals surface area (Å²) in [6.45, 7) is 0. The molecule has 3 aromatic heterocycles. The van der Waals surface area contributed by atoms with E-state index in [2.05, 4.69) is 33.6 Å². The molecule has 150 valence electrons. The SMILES string of the molecule is Nc1cc([C@@H]2C[C@H]3CC[C@@H](C2)N3)nc2c(-c3ccc(-c4ccccc4)nc3)cnn12. The van der Waals surface area contributed by atoms with Gasteiger partial charge in [0.25, 0.3) is 0 Å². The maximum atomic E-state index is 6.37. The van der Waals surface area contributed by atoms with E-state index in [0.29, 0.717) is 23.8 Å². The zero-order valence-corrected chi connectivity index (χ0v) is 16.7. The first kappa shape index (κ1) is 17.6. The van der Waals surface area contributed by atoms with E-state index < -0.39 is 0 Å². The van der Waals surface area contributed by atoms with Crippen molar-refractivity contribution >= 4 is 11.5 Å². The van der Waals surface area contributed by atoms with Crippen molar-refractivity contribution in [2.24, 2.45) is 0 Å². The van der Waals surface area contributed by atoms with E-state index in [4.69, 9.17) is 10.7 Å². The fraction of sp³-hybridized carbons (Fsp3) is 0.292. The van der Waals surface area contributed by atoms with E-state index in [1.807, 2.05) is 42.7 Å². The molecule has 2 bridgehead atoms. The van der Waals surface area contributed by atoms with E-state index in [0.717, 1.165) is 46.6 Å². The van der Waals surface area contributed by atoms with Gasteiger partial charge in [-0.05, 0) is 31.7 Å². The van der Waals surface area contributed by atoms with Gasteiger partial charge < -0.3 is 11.1 Å². The van der Waals surface area contributed by atoms with E-state index in [9.17, 15) is 0 Å². The number of fused-ring (bicyclic) bond motifs is 3. The van der Waals surface area contributed by atoms with Crippen LogP contribution in [0.5, 0.6) is 0 Å². The van der Waals surface area contributed by atoms with Crippen molar-refractivity contribution < 1.29 is 0 Å². The Morgan fingerprint density at radius 2 is 1.73 bits per heavy atom. The molecule has 6 heteroatoms. The molecule has 6 nitrogen and oxygen atoms in total. The lowest BCUT2D eigenvalue weighted by Crippen LogP contribution is -2.37. The number of pyridine rings is 1. The van der Waals surface area contributed by atoms with Crippen LogP contribution in [-0.4, -0.2) is 31.7 Å². The summed E-state index contributed by atoms with van der Waals surface area (Å²) in [6.07, 6.45) is 8.56. The predicted molar refractivity (Wildman–Crippen MR) is 118 cm³/mol. The first-order valence-electron chi connectivity index (χ1n) is 10.7. The highest BCUT2D eigenvalue weighted by Crippen LogP contribution is 2.37. The normalized spacial score (nSPS) is 23.1. The number of hydrogen-bond acceptors (Lipinski definition) is 5. The van der Waals surface area contributed by atoms with Gasteiger partial charge in [0.2, 0.25) is 0 Å². The minimum atomic E-state index is 0.456. The molecule has 3 N–H and O–H groups in total. The topological polar surface area (TPSA) is 81.1 Å². The average molecular weight is 396 g/mol. The van der Waals surface area contributed by atoms with Crippen LogP contribution in [0.1, 0.15) is 37.3 Å². The highest BCUT2D eigenvalue weighted by Gasteiger charge is 2.35. The molecule has 2 fully saturated rings. The van der Waals surface area contributed by atoms with Gasteiger partial charge in [-0.25, -0.2) is 4.98 Å². The van der Waals surface area contributed by atoms with Crippen LogP contribution >= 0.6 is 0 Å². The summed E-state index contributed by atoms with van der Waals surface area (Å²) in [4.78, 5) is 9.71. The van der Waals surface area contributed by atoms with Gasteiger partial charge >= 0.3 is 0 Å². The maximum absolute atomic E-state index is 6.37. The predicted octanol–water partition coefficient (Wildman–Crippen LogP) is 4.04. The van der Waals surface area contributed by atoms with Crippen LogP contribution in [0.25, 0.3) is 28.0 Å². The Bertz CT molecular complexity index is 1190. The molecule has 0 saturated carbocycles. The van der Waals surface area contributed by atoms with Crippen molar-refractivity contribution in [1.29, 1.82) is 0 Å². The van der Waals surface area contributed by atoms with Gasteiger partial charge in [-0.15, -0.1) is 0 Å². The molecule has 5 heterocycles. The van der Waals surface area contributed by atoms with Crippen LogP contribution < -0.4 is 11.1 Å². The third-order valence-corrected chi connectivity index (χ3v) is 6.55. The maximum Gasteiger partial charge on any atom is 0.165 e. The molecule has 6 rings (SSSR count). The van der Waals surface area contributed by atoms with Gasteiger partial charge in [0, 0.05) is 52.6 Å². The molecule has 2 aliphatic rings. The van der Waals surface area contributed by atoms with Gasteiger partial charge in [0.15, 0.2) is 5.65 Å². The van der Waals surface area contributed by atoms with Crippen LogP contribution in [0.4, 0.5) is 5.82 Å². The number of rotatable bonds is 3. The lowest BCUT2D eigenvalue weighted by Gasteiger charge is -2.28. The van der Waals surface area contributed by atoms with Crippen LogP contribution in [0.15, 0.2) is 60.9 Å². The second-order valence-corrected chi connectivity index (χ2v) is 8.50. The molecule has 2 saturated heterocycles. The van der Waals surface area contributed by atoms with E-state index in [-0.39, 0.29) is 0 Å². The third kappa shape index (κ3) is 2.95. The summed E-state index contributed by atoms with van der Waals surface area (Å²) < 4.78 is 1.74. The molecule has 1 aromatic carbocycles. The average Bonchev–Trinajstić information content (AvgIpc) is 3.37. The highest BCUT2D eigenvalue weighted by molar-refractivity contribution is 5.78. The van der Waals surface area contributed by atoms with E-state index >= 15 is 0 Å². The van der Waals surface area contributed by atoms with Crippen molar-refractivity contribution in [1.82, 2.24) is 24.9 Å². The quantitative estimate of drug-likeness (QED) is 0.546. The van der Waals surface area contributed by atoms with Crippen molar-refractivity contribution in [2.45, 2.75) is 43.7 Å². The molecule has 4 aromatic rings. The lowest BCUT2D eigenvalue weighted by atomic mass is 9.89. The Hall–Kier alpha value is -3.25. The molecular weight excluding hydrogens is 372 g/mol. The van der Waals surface area contributed by atoms with Crippen LogP contribution in [-0.2, 0) is 0 Å². The number of nitrogens with one attached hydrogen (secondary N) is 1. The van der Waals surface area contributed by atoms with Crippen molar-refractivity contribution in [3.05, 3.63) is 66.6 Å². The Morgan fingerprint density at radius 3 is 2.47 bits per heavy atom. The van der Waals surface area contributed by atoms with Gasteiger partial charge in [-0.3, -0.25) is 4.98 Å². The summed E-state index contributed by atoms with van der Waals surface area (Å²) in [5, 5.41) is 8.20. The Kier molecular flexibility index (Phi) is 4.06. The molecule has 3 atom stereocenters. The van der Waals surface area contributed by atoms with Gasteiger partial charge in [0.1, 0.15) is 5.82 Å². The molecule has 2 aliphatic heterocycles. The summed E-state index contributed by atoms with van der Waals surface area (Å²) in [5.41, 5.74) is 12.3. The first-order valence-corrected chi connectivity index (χ1v) is 10.7. The first-order chi connectivity index (χ1) is 14.7. The van der Waals surface area contributed by atoms with E-state index in [1.165, 1.54) is 12.8 Å². The van der Waals surface area contributed by atoms with Gasteiger partial charge in [-0.2, -0.15) is 9.61 Å². The molecule has 0 unspecified atom stereocenters. The standard InChI is InChI=1S/C24H24N6/c25-23-12-22(17-10-18-7-8-19(11-17)28-18)29-24-20(14-27-30(23)24)16-6-9-21(26-13-16)15-4-2-1-3-5-15/h1-6,9,12-14,17-19,28H,7-8,10-11,25H2/t17-,18-,19+. The van der Waals surface area contributed by atoms with Crippen LogP contribution in [0, 0.1) is 0 Å². The fourth-order valence-corrected chi connectivity index (χ4v) is 5.05. The number of hydrogen-bond donors (Lipinski definition) is 2. The number of nitrogens with two attached hydrogens (primary N) is 1. The lowest BCUT2D eigenvalue weighted by molar-refractivity contribution is 0.359. The Morgan fingerprint density at radius 1 is 0.933 bits per heavy atom.